The van der Waals surface area contributed by atoms with Gasteiger partial charge in [0.1, 0.15) is 5.54 Å². The summed E-state index contributed by atoms with van der Waals surface area (Å²) in [5.74, 6) is -2.87. The average Bonchev–Trinajstić information content (AvgIpc) is 3.38. The van der Waals surface area contributed by atoms with Gasteiger partial charge in [-0.25, -0.2) is 0 Å². The first-order valence-corrected chi connectivity index (χ1v) is 11.3. The highest BCUT2D eigenvalue weighted by atomic mass is 35.5. The number of hydrogen-bond acceptors (Lipinski definition) is 5. The maximum Gasteiger partial charge on any atom is 0.250 e. The van der Waals surface area contributed by atoms with Crippen LogP contribution in [0.1, 0.15) is 37.0 Å². The number of amides is 3. The summed E-state index contributed by atoms with van der Waals surface area (Å²) in [5.41, 5.74) is 0.385. The molecule has 8 heteroatoms. The first-order valence-electron chi connectivity index (χ1n) is 10.9. The summed E-state index contributed by atoms with van der Waals surface area (Å²) in [5, 5.41) is 17.9. The lowest BCUT2D eigenvalue weighted by molar-refractivity contribution is -0.143. The van der Waals surface area contributed by atoms with Crippen molar-refractivity contribution in [3.63, 3.8) is 0 Å². The summed E-state index contributed by atoms with van der Waals surface area (Å²) < 4.78 is 0. The number of aliphatic hydroxyl groups excluding tert-OH is 1. The lowest BCUT2D eigenvalue weighted by atomic mass is 9.76. The monoisotopic (exact) mass is 453 g/mol. The molecule has 2 aromatic rings. The van der Waals surface area contributed by atoms with Crippen LogP contribution in [0.15, 0.2) is 48.5 Å². The number of unbranched alkanes of at least 4 members (excludes halogenated alkanes) is 1. The van der Waals surface area contributed by atoms with Crippen molar-refractivity contribution in [2.45, 2.75) is 37.5 Å². The second kappa shape index (κ2) is 7.69. The summed E-state index contributed by atoms with van der Waals surface area (Å²) in [6, 6.07) is 13.1. The first-order chi connectivity index (χ1) is 15.4. The number of fused-ring (bicyclic) bond motifs is 4. The van der Waals surface area contributed by atoms with Crippen LogP contribution in [0.5, 0.6) is 0 Å². The van der Waals surface area contributed by atoms with E-state index in [4.69, 9.17) is 11.6 Å². The third kappa shape index (κ3) is 2.85. The number of imide groups is 1. The minimum absolute atomic E-state index is 0.310. The zero-order valence-electron chi connectivity index (χ0n) is 17.5. The maximum absolute atomic E-state index is 13.6. The van der Waals surface area contributed by atoms with E-state index in [1.54, 1.807) is 48.5 Å². The van der Waals surface area contributed by atoms with Crippen LogP contribution in [0, 0.1) is 11.8 Å². The van der Waals surface area contributed by atoms with Gasteiger partial charge in [-0.1, -0.05) is 55.3 Å². The molecule has 3 aliphatic heterocycles. The number of nitrogens with one attached hydrogen (secondary N) is 2. The molecular formula is C24H24ClN3O4. The molecule has 1 spiro atoms. The standard InChI is InChI=1S/C24H24ClN3O4/c1-2-3-12-28-21(30)17-18(22(28)31)24(15-6-4-5-7-16(15)26-23(24)32)27-19(17)20(29)13-8-10-14(25)11-9-13/h4-11,17-20,27,29H,2-3,12H2,1H3,(H,26,32)/t17-,18-,19-,20-,24-/m1/s1. The van der Waals surface area contributed by atoms with Gasteiger partial charge in [0.15, 0.2) is 0 Å². The van der Waals surface area contributed by atoms with Gasteiger partial charge >= 0.3 is 0 Å². The number of likely N-dealkylation sites (tertiary alicyclic amines) is 1. The Kier molecular flexibility index (Phi) is 5.08. The predicted octanol–water partition coefficient (Wildman–Crippen LogP) is 2.59. The summed E-state index contributed by atoms with van der Waals surface area (Å²) in [7, 11) is 0. The Morgan fingerprint density at radius 2 is 1.81 bits per heavy atom. The molecule has 2 fully saturated rings. The van der Waals surface area contributed by atoms with Crippen LogP contribution in [0.3, 0.4) is 0 Å². The number of benzene rings is 2. The number of para-hydroxylation sites is 1. The highest BCUT2D eigenvalue weighted by Crippen LogP contribution is 2.54. The highest BCUT2D eigenvalue weighted by Gasteiger charge is 2.71. The Bertz CT molecular complexity index is 1100. The van der Waals surface area contributed by atoms with Crippen LogP contribution in [-0.2, 0) is 19.9 Å². The molecule has 3 N–H and O–H groups in total. The molecule has 0 radical (unpaired) electrons. The molecule has 0 unspecified atom stereocenters. The first kappa shape index (κ1) is 21.1. The zero-order valence-corrected chi connectivity index (χ0v) is 18.3. The number of aliphatic hydroxyl groups is 1. The smallest absolute Gasteiger partial charge is 0.250 e. The largest absolute Gasteiger partial charge is 0.387 e. The molecular weight excluding hydrogens is 430 g/mol. The summed E-state index contributed by atoms with van der Waals surface area (Å²) in [4.78, 5) is 41.7. The second-order valence-electron chi connectivity index (χ2n) is 8.66. The van der Waals surface area contributed by atoms with Gasteiger partial charge < -0.3 is 10.4 Å². The third-order valence-corrected chi connectivity index (χ3v) is 7.19. The number of nitrogens with zero attached hydrogens (tertiary/aromatic N) is 1. The molecule has 0 saturated carbocycles. The van der Waals surface area contributed by atoms with E-state index < -0.39 is 29.5 Å². The van der Waals surface area contributed by atoms with Gasteiger partial charge in [0.25, 0.3) is 0 Å². The fourth-order valence-corrected chi connectivity index (χ4v) is 5.55. The lowest BCUT2D eigenvalue weighted by Crippen LogP contribution is -2.54. The van der Waals surface area contributed by atoms with E-state index in [-0.39, 0.29) is 17.7 Å². The molecule has 5 atom stereocenters. The van der Waals surface area contributed by atoms with Crippen LogP contribution in [0.2, 0.25) is 5.02 Å². The van der Waals surface area contributed by atoms with E-state index >= 15 is 0 Å². The molecule has 3 amide bonds. The van der Waals surface area contributed by atoms with Crippen LogP contribution >= 0.6 is 11.6 Å². The van der Waals surface area contributed by atoms with E-state index in [2.05, 4.69) is 10.6 Å². The summed E-state index contributed by atoms with van der Waals surface area (Å²) in [6.45, 7) is 2.30. The summed E-state index contributed by atoms with van der Waals surface area (Å²) >= 11 is 5.99. The maximum atomic E-state index is 13.6. The Morgan fingerprint density at radius 1 is 1.09 bits per heavy atom. The fraction of sp³-hybridized carbons (Fsp3) is 0.375. The predicted molar refractivity (Wildman–Crippen MR) is 119 cm³/mol. The molecule has 3 aliphatic rings. The molecule has 32 heavy (non-hydrogen) atoms. The zero-order chi connectivity index (χ0) is 22.6. The van der Waals surface area contributed by atoms with Gasteiger partial charge in [0.2, 0.25) is 17.7 Å². The van der Waals surface area contributed by atoms with E-state index in [0.29, 0.717) is 34.8 Å². The number of halogens is 1. The van der Waals surface area contributed by atoms with Crippen molar-refractivity contribution in [2.75, 3.05) is 11.9 Å². The topological polar surface area (TPSA) is 98.7 Å². The Hall–Kier alpha value is -2.74. The Balaban J connectivity index is 1.63. The van der Waals surface area contributed by atoms with Crippen molar-refractivity contribution in [3.05, 3.63) is 64.7 Å². The molecule has 2 aromatic carbocycles. The summed E-state index contributed by atoms with van der Waals surface area (Å²) in [6.07, 6.45) is 0.406. The highest BCUT2D eigenvalue weighted by molar-refractivity contribution is 6.30. The van der Waals surface area contributed by atoms with Crippen molar-refractivity contribution in [1.29, 1.82) is 0 Å². The van der Waals surface area contributed by atoms with Crippen molar-refractivity contribution in [2.24, 2.45) is 11.8 Å². The van der Waals surface area contributed by atoms with Crippen molar-refractivity contribution < 1.29 is 19.5 Å². The van der Waals surface area contributed by atoms with Crippen LogP contribution in [0.25, 0.3) is 0 Å². The van der Waals surface area contributed by atoms with Crippen molar-refractivity contribution in [3.8, 4) is 0 Å². The molecule has 0 bridgehead atoms. The van der Waals surface area contributed by atoms with Crippen molar-refractivity contribution >= 4 is 35.0 Å². The molecule has 0 aliphatic carbocycles. The normalized spacial score (nSPS) is 29.4. The molecule has 166 valence electrons. The Labute approximate surface area is 190 Å². The second-order valence-corrected chi connectivity index (χ2v) is 9.10. The minimum atomic E-state index is -1.41. The van der Waals surface area contributed by atoms with Gasteiger partial charge in [-0.05, 0) is 30.2 Å². The molecule has 3 heterocycles. The van der Waals surface area contributed by atoms with E-state index in [9.17, 15) is 19.5 Å². The van der Waals surface area contributed by atoms with Gasteiger partial charge in [0.05, 0.1) is 24.0 Å². The van der Waals surface area contributed by atoms with Crippen molar-refractivity contribution in [1.82, 2.24) is 10.2 Å². The van der Waals surface area contributed by atoms with Crippen LogP contribution < -0.4 is 10.6 Å². The molecule has 2 saturated heterocycles. The lowest BCUT2D eigenvalue weighted by Gasteiger charge is -2.30. The number of carbonyl (C=O) groups is 3. The van der Waals surface area contributed by atoms with Gasteiger partial charge in [-0.15, -0.1) is 0 Å². The minimum Gasteiger partial charge on any atom is -0.387 e. The van der Waals surface area contributed by atoms with Gasteiger partial charge in [-0.3, -0.25) is 24.6 Å². The number of anilines is 1. The fourth-order valence-electron chi connectivity index (χ4n) is 5.42. The number of hydrogen-bond donors (Lipinski definition) is 3. The Morgan fingerprint density at radius 3 is 2.53 bits per heavy atom. The van der Waals surface area contributed by atoms with E-state index in [1.165, 1.54) is 4.90 Å². The number of rotatable bonds is 5. The molecule has 7 nitrogen and oxygen atoms in total. The van der Waals surface area contributed by atoms with Crippen LogP contribution in [-0.4, -0.2) is 40.3 Å². The molecule has 0 aromatic heterocycles. The SMILES string of the molecule is CCCCN1C(=O)[C@H]2[C@H]([C@H](O)c3ccc(Cl)cc3)N[C@@]3(C(=O)Nc4ccccc43)[C@H]2C1=O. The molecule has 5 rings (SSSR count). The average molecular weight is 454 g/mol. The third-order valence-electron chi connectivity index (χ3n) is 6.94. The van der Waals surface area contributed by atoms with E-state index in [1.807, 2.05) is 6.92 Å². The van der Waals surface area contributed by atoms with E-state index in [0.717, 1.165) is 6.42 Å². The van der Waals surface area contributed by atoms with Gasteiger partial charge in [-0.2, -0.15) is 0 Å². The quantitative estimate of drug-likeness (QED) is 0.604. The van der Waals surface area contributed by atoms with Gasteiger partial charge in [0, 0.05) is 22.8 Å². The van der Waals surface area contributed by atoms with Crippen LogP contribution in [0.4, 0.5) is 5.69 Å². The number of carbonyl (C=O) groups excluding carboxylic acids is 3.